The molecule has 42 heavy (non-hydrogen) atoms. The number of fused-ring (bicyclic) bond motifs is 1. The predicted molar refractivity (Wildman–Crippen MR) is 154 cm³/mol. The Kier molecular flexibility index (Phi) is 10.2. The van der Waals surface area contributed by atoms with Gasteiger partial charge in [0.05, 0.1) is 24.6 Å². The lowest BCUT2D eigenvalue weighted by Crippen LogP contribution is -2.68. The van der Waals surface area contributed by atoms with E-state index >= 15 is 4.39 Å². The van der Waals surface area contributed by atoms with Gasteiger partial charge in [0, 0.05) is 25.2 Å². The number of nitrogens with one attached hydrogen (secondary N) is 3. The number of aryl methyl sites for hydroxylation is 3. The van der Waals surface area contributed by atoms with E-state index in [1.807, 2.05) is 6.07 Å². The Morgan fingerprint density at radius 2 is 1.98 bits per heavy atom. The summed E-state index contributed by atoms with van der Waals surface area (Å²) >= 11 is 0. The van der Waals surface area contributed by atoms with Crippen molar-refractivity contribution in [1.29, 1.82) is 0 Å². The maximum atomic E-state index is 15.4. The number of halogens is 1. The summed E-state index contributed by atoms with van der Waals surface area (Å²) < 4.78 is 46.8. The van der Waals surface area contributed by atoms with Crippen LogP contribution in [0.5, 0.6) is 0 Å². The first-order chi connectivity index (χ1) is 20.0. The van der Waals surface area contributed by atoms with E-state index in [9.17, 15) is 22.8 Å². The largest absolute Gasteiger partial charge is 0.464 e. The van der Waals surface area contributed by atoms with Crippen LogP contribution in [0.2, 0.25) is 0 Å². The zero-order chi connectivity index (χ0) is 30.3. The number of aromatic nitrogens is 1. The number of carbonyl (C=O) groups is 3. The van der Waals surface area contributed by atoms with Crippen molar-refractivity contribution in [1.82, 2.24) is 19.9 Å². The van der Waals surface area contributed by atoms with Crippen molar-refractivity contribution in [2.24, 2.45) is 0 Å². The molecule has 2 amide bonds. The number of amides is 2. The lowest BCUT2D eigenvalue weighted by atomic mass is 9.98. The highest BCUT2D eigenvalue weighted by molar-refractivity contribution is 7.89. The Labute approximate surface area is 245 Å². The fraction of sp³-hybridized carbons (Fsp3) is 0.517. The van der Waals surface area contributed by atoms with Gasteiger partial charge in [0.2, 0.25) is 21.6 Å². The van der Waals surface area contributed by atoms with Crippen molar-refractivity contribution in [2.75, 3.05) is 38.1 Å². The molecule has 0 spiro atoms. The first-order valence-corrected chi connectivity index (χ1v) is 15.7. The third-order valence-corrected chi connectivity index (χ3v) is 9.09. The normalized spacial score (nSPS) is 16.7. The van der Waals surface area contributed by atoms with Gasteiger partial charge < -0.3 is 20.7 Å². The van der Waals surface area contributed by atoms with Crippen LogP contribution in [0.1, 0.15) is 49.4 Å². The molecule has 0 aliphatic carbocycles. The van der Waals surface area contributed by atoms with E-state index in [1.54, 1.807) is 26.0 Å². The fourth-order valence-electron chi connectivity index (χ4n) is 4.88. The first-order valence-electron chi connectivity index (χ1n) is 14.2. The average Bonchev–Trinajstić information content (AvgIpc) is 2.95. The van der Waals surface area contributed by atoms with Crippen molar-refractivity contribution < 1.29 is 31.9 Å². The second-order valence-corrected chi connectivity index (χ2v) is 12.6. The molecule has 0 radical (unpaired) electrons. The minimum absolute atomic E-state index is 0.00743. The number of unbranched alkanes of at least 4 members (excludes halogenated alkanes) is 1. The number of nitrogens with zero attached hydrogens (tertiary/aromatic N) is 2. The Hall–Kier alpha value is -3.58. The van der Waals surface area contributed by atoms with Crippen molar-refractivity contribution in [3.8, 4) is 0 Å². The van der Waals surface area contributed by atoms with Crippen LogP contribution in [0.15, 0.2) is 41.3 Å². The summed E-state index contributed by atoms with van der Waals surface area (Å²) in [7, 11) is -3.98. The van der Waals surface area contributed by atoms with Crippen molar-refractivity contribution in [2.45, 2.75) is 69.0 Å². The molecule has 4 rings (SSSR count). The van der Waals surface area contributed by atoms with Crippen LogP contribution in [0.3, 0.4) is 0 Å². The van der Waals surface area contributed by atoms with Gasteiger partial charge in [0.1, 0.15) is 11.9 Å². The van der Waals surface area contributed by atoms with Gasteiger partial charge in [0.25, 0.3) is 5.91 Å². The Bertz CT molecular complexity index is 1410. The van der Waals surface area contributed by atoms with E-state index in [2.05, 4.69) is 27.0 Å². The van der Waals surface area contributed by atoms with E-state index in [0.717, 1.165) is 53.6 Å². The van der Waals surface area contributed by atoms with Crippen molar-refractivity contribution in [3.05, 3.63) is 53.2 Å². The van der Waals surface area contributed by atoms with Crippen LogP contribution >= 0.6 is 0 Å². The molecule has 0 bridgehead atoms. The molecule has 3 heterocycles. The second-order valence-electron chi connectivity index (χ2n) is 10.7. The number of anilines is 1. The van der Waals surface area contributed by atoms with Crippen LogP contribution in [0.4, 0.5) is 10.2 Å². The molecular formula is C29H38FN5O6S. The highest BCUT2D eigenvalue weighted by Gasteiger charge is 2.55. The summed E-state index contributed by atoms with van der Waals surface area (Å²) in [5.74, 6) is -1.36. The fourth-order valence-corrected chi connectivity index (χ4v) is 6.51. The quantitative estimate of drug-likeness (QED) is 0.233. The van der Waals surface area contributed by atoms with Gasteiger partial charge >= 0.3 is 5.97 Å². The molecule has 2 aliphatic heterocycles. The highest BCUT2D eigenvalue weighted by Crippen LogP contribution is 2.32. The molecule has 1 aromatic heterocycles. The van der Waals surface area contributed by atoms with E-state index < -0.39 is 46.7 Å². The van der Waals surface area contributed by atoms with Crippen molar-refractivity contribution >= 4 is 33.6 Å². The Balaban J connectivity index is 1.24. The third-order valence-electron chi connectivity index (χ3n) is 7.31. The lowest BCUT2D eigenvalue weighted by molar-refractivity contribution is -0.151. The lowest BCUT2D eigenvalue weighted by Gasteiger charge is -2.42. The number of pyridine rings is 1. The van der Waals surface area contributed by atoms with Gasteiger partial charge in [0.15, 0.2) is 0 Å². The Morgan fingerprint density at radius 1 is 1.19 bits per heavy atom. The number of rotatable bonds is 13. The van der Waals surface area contributed by atoms with Gasteiger partial charge in [-0.05, 0) is 75.3 Å². The molecule has 3 N–H and O–H groups in total. The average molecular weight is 604 g/mol. The van der Waals surface area contributed by atoms with Gasteiger partial charge in [-0.3, -0.25) is 9.59 Å². The topological polar surface area (TPSA) is 147 Å². The molecule has 11 nitrogen and oxygen atoms in total. The van der Waals surface area contributed by atoms with Gasteiger partial charge in [-0.2, -0.15) is 4.31 Å². The first kappa shape index (κ1) is 31.4. The van der Waals surface area contributed by atoms with Crippen LogP contribution < -0.4 is 16.0 Å². The summed E-state index contributed by atoms with van der Waals surface area (Å²) in [5, 5.41) is 8.21. The molecule has 1 saturated heterocycles. The van der Waals surface area contributed by atoms with Crippen LogP contribution in [-0.4, -0.2) is 80.0 Å². The number of alkyl halides is 1. The smallest absolute Gasteiger partial charge is 0.330 e. The number of benzene rings is 1. The number of sulfonamides is 1. The maximum absolute atomic E-state index is 15.4. The molecule has 2 aromatic rings. The molecule has 1 atom stereocenters. The molecule has 1 aromatic carbocycles. The summed E-state index contributed by atoms with van der Waals surface area (Å²) in [4.78, 5) is 42.3. The molecule has 1 fully saturated rings. The van der Waals surface area contributed by atoms with E-state index in [4.69, 9.17) is 4.74 Å². The molecule has 13 heteroatoms. The van der Waals surface area contributed by atoms with Gasteiger partial charge in [-0.1, -0.05) is 18.2 Å². The van der Waals surface area contributed by atoms with Crippen molar-refractivity contribution in [3.63, 3.8) is 0 Å². The maximum Gasteiger partial charge on any atom is 0.330 e. The summed E-state index contributed by atoms with van der Waals surface area (Å²) in [6, 6.07) is 8.96. The monoisotopic (exact) mass is 603 g/mol. The number of carbonyl (C=O) groups excluding carboxylic acids is 3. The summed E-state index contributed by atoms with van der Waals surface area (Å²) in [6.07, 6.45) is 4.36. The number of hydrogen-bond donors (Lipinski definition) is 3. The minimum atomic E-state index is -3.98. The zero-order valence-corrected chi connectivity index (χ0v) is 24.8. The molecular weight excluding hydrogens is 565 g/mol. The zero-order valence-electron chi connectivity index (χ0n) is 23.9. The second kappa shape index (κ2) is 13.6. The van der Waals surface area contributed by atoms with Gasteiger partial charge in [-0.25, -0.2) is 22.6 Å². The minimum Gasteiger partial charge on any atom is -0.464 e. The number of esters is 1. The Morgan fingerprint density at radius 3 is 2.71 bits per heavy atom. The highest BCUT2D eigenvalue weighted by atomic mass is 32.2. The standard InChI is InChI=1S/C29H38FN5O6S/c1-3-41-27(37)24(17-32-25(36)12-5-4-10-22-14-13-21-9-7-15-31-26(21)33-22)34-28(38)29(30)18-35(19-29)42(39,40)23-11-6-8-20(2)16-23/h6,8,11,13-14,16,24H,3-5,7,9-10,12,15,17-19H2,1-2H3,(H,31,33)(H,32,36)(H,34,38). The third kappa shape index (κ3) is 7.62. The van der Waals surface area contributed by atoms with E-state index in [-0.39, 0.29) is 30.4 Å². The van der Waals surface area contributed by atoms with E-state index in [1.165, 1.54) is 17.7 Å². The van der Waals surface area contributed by atoms with Gasteiger partial charge in [-0.15, -0.1) is 0 Å². The molecule has 1 unspecified atom stereocenters. The molecule has 2 aliphatic rings. The van der Waals surface area contributed by atoms with E-state index in [0.29, 0.717) is 6.42 Å². The predicted octanol–water partition coefficient (Wildman–Crippen LogP) is 2.04. The summed E-state index contributed by atoms with van der Waals surface area (Å²) in [6.45, 7) is 2.59. The summed E-state index contributed by atoms with van der Waals surface area (Å²) in [5.41, 5.74) is 0.374. The molecule has 0 saturated carbocycles. The number of ether oxygens (including phenoxy) is 1. The van der Waals surface area contributed by atoms with Crippen LogP contribution in [0.25, 0.3) is 0 Å². The van der Waals surface area contributed by atoms with Crippen LogP contribution in [0, 0.1) is 6.92 Å². The SMILES string of the molecule is CCOC(=O)C(CNC(=O)CCCCc1ccc2c(n1)NCCC2)NC(=O)C1(F)CN(S(=O)(=O)c2cccc(C)c2)C1. The number of hydrogen-bond acceptors (Lipinski definition) is 8. The van der Waals surface area contributed by atoms with Crippen LogP contribution in [-0.2, 0) is 42.0 Å². The molecule has 228 valence electrons.